The summed E-state index contributed by atoms with van der Waals surface area (Å²) in [4.78, 5) is 0. The van der Waals surface area contributed by atoms with Crippen LogP contribution in [0.15, 0.2) is 35.0 Å². The van der Waals surface area contributed by atoms with Crippen LogP contribution in [0.25, 0.3) is 17.1 Å². The first-order valence-electron chi connectivity index (χ1n) is 5.54. The Labute approximate surface area is 113 Å². The van der Waals surface area contributed by atoms with Crippen molar-refractivity contribution in [2.75, 3.05) is 12.8 Å². The number of nitrogen functional groups attached to an aromatic ring is 1. The van der Waals surface area contributed by atoms with Gasteiger partial charge in [-0.25, -0.2) is 0 Å². The van der Waals surface area contributed by atoms with Crippen LogP contribution in [-0.4, -0.2) is 27.3 Å². The van der Waals surface area contributed by atoms with Crippen molar-refractivity contribution in [3.63, 3.8) is 0 Å². The molecule has 6 nitrogen and oxygen atoms in total. The minimum Gasteiger partial charge on any atom is -0.495 e. The molecular weight excluding hydrogens is 262 g/mol. The van der Waals surface area contributed by atoms with Gasteiger partial charge in [-0.15, -0.1) is 5.10 Å². The van der Waals surface area contributed by atoms with Crippen molar-refractivity contribution in [2.24, 2.45) is 0 Å². The lowest BCUT2D eigenvalue weighted by Crippen LogP contribution is -1.99. The van der Waals surface area contributed by atoms with Gasteiger partial charge in [0.1, 0.15) is 5.75 Å². The second kappa shape index (κ2) is 4.69. The van der Waals surface area contributed by atoms with E-state index < -0.39 is 0 Å². The number of tetrazole rings is 1. The van der Waals surface area contributed by atoms with Gasteiger partial charge < -0.3 is 10.5 Å². The Morgan fingerprint density at radius 1 is 1.32 bits per heavy atom. The van der Waals surface area contributed by atoms with E-state index in [2.05, 4.69) is 15.5 Å². The van der Waals surface area contributed by atoms with Crippen LogP contribution < -0.4 is 10.5 Å². The fourth-order valence-electron chi connectivity index (χ4n) is 1.77. The topological polar surface area (TPSA) is 78.9 Å². The predicted octanol–water partition coefficient (Wildman–Crippen LogP) is 1.98. The summed E-state index contributed by atoms with van der Waals surface area (Å²) in [7, 11) is 1.58. The van der Waals surface area contributed by atoms with Crippen LogP contribution in [0.3, 0.4) is 0 Å². The monoisotopic (exact) mass is 273 g/mol. The number of aromatic nitrogens is 4. The van der Waals surface area contributed by atoms with E-state index in [1.54, 1.807) is 29.2 Å². The molecule has 0 radical (unpaired) electrons. The fourth-order valence-corrected chi connectivity index (χ4v) is 2.38. The van der Waals surface area contributed by atoms with Gasteiger partial charge in [0.05, 0.1) is 18.5 Å². The third-order valence-electron chi connectivity index (χ3n) is 2.71. The summed E-state index contributed by atoms with van der Waals surface area (Å²) < 4.78 is 6.90. The lowest BCUT2D eigenvalue weighted by atomic mass is 10.2. The molecule has 3 aromatic rings. The zero-order valence-corrected chi connectivity index (χ0v) is 11.0. The molecule has 0 spiro atoms. The van der Waals surface area contributed by atoms with Gasteiger partial charge >= 0.3 is 0 Å². The second-order valence-corrected chi connectivity index (χ2v) is 4.63. The maximum absolute atomic E-state index is 5.80. The number of thiophene rings is 1. The summed E-state index contributed by atoms with van der Waals surface area (Å²) in [6.45, 7) is 0. The first-order valence-corrected chi connectivity index (χ1v) is 6.48. The SMILES string of the molecule is COc1cc(-c2nnnn2-c2ccsc2)ccc1N. The maximum atomic E-state index is 5.80. The molecular formula is C12H11N5OS. The molecule has 0 bridgehead atoms. The van der Waals surface area contributed by atoms with Crippen LogP contribution >= 0.6 is 11.3 Å². The van der Waals surface area contributed by atoms with Gasteiger partial charge in [-0.1, -0.05) is 0 Å². The zero-order valence-electron chi connectivity index (χ0n) is 10.1. The minimum atomic E-state index is 0.584. The summed E-state index contributed by atoms with van der Waals surface area (Å²) in [6.07, 6.45) is 0. The Morgan fingerprint density at radius 3 is 2.95 bits per heavy atom. The van der Waals surface area contributed by atoms with E-state index in [9.17, 15) is 0 Å². The second-order valence-electron chi connectivity index (χ2n) is 3.85. The molecule has 0 aliphatic carbocycles. The van der Waals surface area contributed by atoms with Crippen molar-refractivity contribution < 1.29 is 4.74 Å². The molecule has 0 fully saturated rings. The molecule has 0 saturated carbocycles. The number of nitrogens with two attached hydrogens (primary N) is 1. The van der Waals surface area contributed by atoms with Gasteiger partial charge in [-0.05, 0) is 40.1 Å². The number of nitrogens with zero attached hydrogens (tertiary/aromatic N) is 4. The molecule has 7 heteroatoms. The molecule has 0 atom stereocenters. The molecule has 2 heterocycles. The molecule has 96 valence electrons. The highest BCUT2D eigenvalue weighted by Crippen LogP contribution is 2.28. The van der Waals surface area contributed by atoms with E-state index in [0.29, 0.717) is 17.3 Å². The van der Waals surface area contributed by atoms with E-state index in [0.717, 1.165) is 11.3 Å². The van der Waals surface area contributed by atoms with Crippen molar-refractivity contribution in [1.82, 2.24) is 20.2 Å². The summed E-state index contributed by atoms with van der Waals surface area (Å²) in [5.41, 5.74) is 8.17. The average molecular weight is 273 g/mol. The minimum absolute atomic E-state index is 0.584. The van der Waals surface area contributed by atoms with Crippen LogP contribution in [0.4, 0.5) is 5.69 Å². The van der Waals surface area contributed by atoms with Crippen molar-refractivity contribution in [3.05, 3.63) is 35.0 Å². The molecule has 0 amide bonds. The maximum Gasteiger partial charge on any atom is 0.187 e. The summed E-state index contributed by atoms with van der Waals surface area (Å²) in [6, 6.07) is 7.43. The predicted molar refractivity (Wildman–Crippen MR) is 73.4 cm³/mol. The van der Waals surface area contributed by atoms with Gasteiger partial charge in [0.15, 0.2) is 5.82 Å². The van der Waals surface area contributed by atoms with Crippen molar-refractivity contribution >= 4 is 17.0 Å². The van der Waals surface area contributed by atoms with Gasteiger partial charge in [-0.3, -0.25) is 0 Å². The highest BCUT2D eigenvalue weighted by atomic mass is 32.1. The standard InChI is InChI=1S/C12H11N5OS/c1-18-11-6-8(2-3-10(11)13)12-14-15-16-17(12)9-4-5-19-7-9/h2-7H,13H2,1H3. The first kappa shape index (κ1) is 11.7. The Kier molecular flexibility index (Phi) is 2.88. The van der Waals surface area contributed by atoms with Gasteiger partial charge in [0.2, 0.25) is 0 Å². The molecule has 2 N–H and O–H groups in total. The van der Waals surface area contributed by atoms with Crippen LogP contribution in [0.1, 0.15) is 0 Å². The number of hydrogen-bond acceptors (Lipinski definition) is 6. The number of ether oxygens (including phenoxy) is 1. The summed E-state index contributed by atoms with van der Waals surface area (Å²) >= 11 is 1.59. The van der Waals surface area contributed by atoms with E-state index in [1.807, 2.05) is 29.0 Å². The molecule has 0 unspecified atom stereocenters. The molecule has 3 rings (SSSR count). The van der Waals surface area contributed by atoms with Crippen LogP contribution in [0.2, 0.25) is 0 Å². The normalized spacial score (nSPS) is 10.6. The fraction of sp³-hybridized carbons (Fsp3) is 0.0833. The van der Waals surface area contributed by atoms with Crippen LogP contribution in [0, 0.1) is 0 Å². The smallest absolute Gasteiger partial charge is 0.187 e. The molecule has 0 aliphatic rings. The van der Waals surface area contributed by atoms with Crippen molar-refractivity contribution in [2.45, 2.75) is 0 Å². The highest BCUT2D eigenvalue weighted by molar-refractivity contribution is 7.08. The Balaban J connectivity index is 2.11. The Morgan fingerprint density at radius 2 is 2.21 bits per heavy atom. The largest absolute Gasteiger partial charge is 0.495 e. The first-order chi connectivity index (χ1) is 9.29. The van der Waals surface area contributed by atoms with Gasteiger partial charge in [0.25, 0.3) is 0 Å². The van der Waals surface area contributed by atoms with Crippen LogP contribution in [-0.2, 0) is 0 Å². The Bertz CT molecular complexity index is 692. The third kappa shape index (κ3) is 2.04. The highest BCUT2D eigenvalue weighted by Gasteiger charge is 2.12. The van der Waals surface area contributed by atoms with Crippen molar-refractivity contribution in [1.29, 1.82) is 0 Å². The lowest BCUT2D eigenvalue weighted by molar-refractivity contribution is 0.417. The molecule has 2 aromatic heterocycles. The number of hydrogen-bond donors (Lipinski definition) is 1. The third-order valence-corrected chi connectivity index (χ3v) is 3.38. The van der Waals surface area contributed by atoms with E-state index in [4.69, 9.17) is 10.5 Å². The van der Waals surface area contributed by atoms with Crippen LogP contribution in [0.5, 0.6) is 5.75 Å². The molecule has 19 heavy (non-hydrogen) atoms. The molecule has 0 saturated heterocycles. The Hall–Kier alpha value is -2.41. The van der Waals surface area contributed by atoms with Gasteiger partial charge in [0, 0.05) is 10.9 Å². The number of rotatable bonds is 3. The number of benzene rings is 1. The molecule has 1 aromatic carbocycles. The number of anilines is 1. The summed E-state index contributed by atoms with van der Waals surface area (Å²) in [5.74, 6) is 1.26. The van der Waals surface area contributed by atoms with E-state index in [-0.39, 0.29) is 0 Å². The molecule has 0 aliphatic heterocycles. The average Bonchev–Trinajstić information content (AvgIpc) is 3.09. The van der Waals surface area contributed by atoms with Crippen molar-refractivity contribution in [3.8, 4) is 22.8 Å². The lowest BCUT2D eigenvalue weighted by Gasteiger charge is -2.07. The van der Waals surface area contributed by atoms with E-state index in [1.165, 1.54) is 0 Å². The quantitative estimate of drug-likeness (QED) is 0.738. The van der Waals surface area contributed by atoms with Gasteiger partial charge in [-0.2, -0.15) is 16.0 Å². The summed E-state index contributed by atoms with van der Waals surface area (Å²) in [5, 5.41) is 15.7. The zero-order chi connectivity index (χ0) is 13.2. The van der Waals surface area contributed by atoms with E-state index >= 15 is 0 Å². The number of methoxy groups -OCH3 is 1.